The fourth-order valence-electron chi connectivity index (χ4n) is 2.52. The number of hydrogen-bond acceptors (Lipinski definition) is 10. The lowest BCUT2D eigenvalue weighted by Crippen LogP contribution is -1.94. The Bertz CT molecular complexity index is 1040. The fraction of sp³-hybridized carbons (Fsp3) is 0.0909. The Morgan fingerprint density at radius 1 is 0.562 bits per heavy atom. The van der Waals surface area contributed by atoms with Crippen molar-refractivity contribution in [1.29, 1.82) is 0 Å². The highest BCUT2D eigenvalue weighted by molar-refractivity contribution is 8.47. The minimum absolute atomic E-state index is 0.00957. The first-order valence-corrected chi connectivity index (χ1v) is 16.5. The average Bonchev–Trinajstić information content (AvgIpc) is 3.44. The van der Waals surface area contributed by atoms with E-state index in [2.05, 4.69) is 12.5 Å². The van der Waals surface area contributed by atoms with Gasteiger partial charge in [0.15, 0.2) is 0 Å². The van der Waals surface area contributed by atoms with E-state index in [0.717, 1.165) is 12.7 Å². The summed E-state index contributed by atoms with van der Waals surface area (Å²) >= 11 is 12.7. The molecule has 0 saturated heterocycles. The van der Waals surface area contributed by atoms with Crippen LogP contribution >= 0.6 is 94.1 Å². The maximum atomic E-state index is 12.9. The maximum Gasteiger partial charge on any atom is 0.224 e. The molecule has 0 aliphatic carbocycles. The molecule has 0 radical (unpaired) electrons. The molecule has 2 aromatic carbocycles. The van der Waals surface area contributed by atoms with Crippen LogP contribution in [-0.2, 0) is 0 Å². The zero-order valence-electron chi connectivity index (χ0n) is 16.9. The van der Waals surface area contributed by atoms with E-state index < -0.39 is 0 Å². The van der Waals surface area contributed by atoms with Gasteiger partial charge in [-0.15, -0.1) is 23.5 Å². The molecule has 2 heterocycles. The van der Waals surface area contributed by atoms with E-state index in [9.17, 15) is 9.59 Å². The molecule has 0 aromatic heterocycles. The highest BCUT2D eigenvalue weighted by atomic mass is 32.3. The summed E-state index contributed by atoms with van der Waals surface area (Å²) in [6, 6.07) is 18.6. The van der Waals surface area contributed by atoms with Crippen LogP contribution in [0.5, 0.6) is 0 Å². The first kappa shape index (κ1) is 24.9. The quantitative estimate of drug-likeness (QED) is 0.336. The van der Waals surface area contributed by atoms with Gasteiger partial charge in [0, 0.05) is 11.1 Å². The molecule has 0 bridgehead atoms. The average molecular weight is 569 g/mol. The predicted octanol–water partition coefficient (Wildman–Crippen LogP) is 9.20. The first-order chi connectivity index (χ1) is 15.6. The van der Waals surface area contributed by atoms with Crippen molar-refractivity contribution in [3.63, 3.8) is 0 Å². The van der Waals surface area contributed by atoms with Gasteiger partial charge in [-0.25, -0.2) is 0 Å². The third-order valence-electron chi connectivity index (χ3n) is 4.00. The van der Waals surface area contributed by atoms with Gasteiger partial charge in [0.1, 0.15) is 0 Å². The summed E-state index contributed by atoms with van der Waals surface area (Å²) < 4.78 is 6.74. The molecule has 10 heteroatoms. The van der Waals surface area contributed by atoms with E-state index in [-0.39, 0.29) is 10.2 Å². The van der Waals surface area contributed by atoms with Crippen molar-refractivity contribution in [1.82, 2.24) is 0 Å². The van der Waals surface area contributed by atoms with Crippen LogP contribution in [0, 0.1) is 0 Å². The third kappa shape index (κ3) is 6.07. The number of benzene rings is 2. The second-order valence-corrected chi connectivity index (χ2v) is 15.3. The summed E-state index contributed by atoms with van der Waals surface area (Å²) in [6.45, 7) is 0. The summed E-state index contributed by atoms with van der Waals surface area (Å²) in [6.07, 6.45) is 4.19. The zero-order valence-corrected chi connectivity index (χ0v) is 23.4. The summed E-state index contributed by atoms with van der Waals surface area (Å²) in [5.74, 6) is 0. The lowest BCUT2D eigenvalue weighted by Gasteiger charge is -2.04. The van der Waals surface area contributed by atoms with Gasteiger partial charge in [-0.1, -0.05) is 108 Å². The molecule has 0 spiro atoms. The lowest BCUT2D eigenvalue weighted by atomic mass is 10.2. The smallest absolute Gasteiger partial charge is 0.224 e. The standard InChI is InChI=1S/C22H16O2S8/c1-25-17-18(26-2)30-21(29-17)22-31-19(27-15(23)13-9-5-3-6-10-13)20(32-22)28-16(24)14-11-7-4-8-12-14/h3-12H,1-2H3. The van der Waals surface area contributed by atoms with Crippen molar-refractivity contribution >= 4 is 104 Å². The molecule has 2 aliphatic heterocycles. The molecule has 2 aromatic rings. The molecular formula is C22H16O2S8. The van der Waals surface area contributed by atoms with Crippen LogP contribution in [0.4, 0.5) is 0 Å². The Kier molecular flexibility index (Phi) is 9.32. The topological polar surface area (TPSA) is 34.1 Å². The molecule has 0 saturated carbocycles. The van der Waals surface area contributed by atoms with Crippen LogP contribution in [0.1, 0.15) is 20.7 Å². The van der Waals surface area contributed by atoms with E-state index in [0.29, 0.717) is 11.1 Å². The number of thioether (sulfide) groups is 8. The van der Waals surface area contributed by atoms with Crippen molar-refractivity contribution in [2.24, 2.45) is 0 Å². The lowest BCUT2D eigenvalue weighted by molar-refractivity contribution is 0.108. The van der Waals surface area contributed by atoms with E-state index in [1.54, 1.807) is 70.6 Å². The fourth-order valence-corrected chi connectivity index (χ4v) is 13.1. The van der Waals surface area contributed by atoms with Crippen LogP contribution in [0.2, 0.25) is 0 Å². The number of carbonyl (C=O) groups excluding carboxylic acids is 2. The van der Waals surface area contributed by atoms with E-state index >= 15 is 0 Å². The van der Waals surface area contributed by atoms with Crippen molar-refractivity contribution in [3.05, 3.63) is 97.2 Å². The summed E-state index contributed by atoms with van der Waals surface area (Å²) in [5, 5.41) is -0.0191. The van der Waals surface area contributed by atoms with Gasteiger partial charge in [0.25, 0.3) is 0 Å². The van der Waals surface area contributed by atoms with Crippen molar-refractivity contribution in [3.8, 4) is 0 Å². The van der Waals surface area contributed by atoms with Crippen LogP contribution in [0.15, 0.2) is 86.1 Å². The highest BCUT2D eigenvalue weighted by Crippen LogP contribution is 2.66. The second-order valence-electron chi connectivity index (χ2n) is 6.05. The maximum absolute atomic E-state index is 12.9. The van der Waals surface area contributed by atoms with Gasteiger partial charge in [0.2, 0.25) is 10.2 Å². The van der Waals surface area contributed by atoms with Gasteiger partial charge in [-0.3, -0.25) is 9.59 Å². The summed E-state index contributed by atoms with van der Waals surface area (Å²) in [7, 11) is 0. The number of hydrogen-bond donors (Lipinski definition) is 0. The minimum Gasteiger partial charge on any atom is -0.281 e. The second kappa shape index (κ2) is 12.0. The molecule has 2 aliphatic rings. The normalized spacial score (nSPS) is 16.3. The molecule has 0 atom stereocenters. The van der Waals surface area contributed by atoms with Crippen molar-refractivity contribution in [2.75, 3.05) is 12.5 Å². The predicted molar refractivity (Wildman–Crippen MR) is 155 cm³/mol. The van der Waals surface area contributed by atoms with E-state index in [1.807, 2.05) is 60.7 Å². The van der Waals surface area contributed by atoms with Gasteiger partial charge in [-0.05, 0) is 36.0 Å². The largest absolute Gasteiger partial charge is 0.281 e. The molecule has 0 unspecified atom stereocenters. The van der Waals surface area contributed by atoms with Crippen molar-refractivity contribution < 1.29 is 9.59 Å². The Morgan fingerprint density at radius 3 is 1.25 bits per heavy atom. The minimum atomic E-state index is -0.00957. The molecular weight excluding hydrogens is 553 g/mol. The molecule has 0 amide bonds. The van der Waals surface area contributed by atoms with Gasteiger partial charge < -0.3 is 0 Å². The SMILES string of the molecule is CSC1=C(SC)SC(=C2SC(SC(=O)c3ccccc3)=C(SC(=O)c3ccccc3)S2)S1. The molecule has 0 N–H and O–H groups in total. The number of rotatable bonds is 6. The number of carbonyl (C=O) groups is 2. The third-order valence-corrected chi connectivity index (χ3v) is 14.9. The monoisotopic (exact) mass is 568 g/mol. The molecule has 164 valence electrons. The Balaban J connectivity index is 1.58. The van der Waals surface area contributed by atoms with Crippen LogP contribution in [0.25, 0.3) is 0 Å². The van der Waals surface area contributed by atoms with Crippen LogP contribution in [-0.4, -0.2) is 22.7 Å². The van der Waals surface area contributed by atoms with Gasteiger partial charge in [0.05, 0.1) is 25.4 Å². The Labute approximate surface area is 221 Å². The van der Waals surface area contributed by atoms with Gasteiger partial charge in [-0.2, -0.15) is 0 Å². The molecule has 32 heavy (non-hydrogen) atoms. The van der Waals surface area contributed by atoms with E-state index in [1.165, 1.54) is 36.2 Å². The Morgan fingerprint density at radius 2 is 0.906 bits per heavy atom. The highest BCUT2D eigenvalue weighted by Gasteiger charge is 2.32. The molecule has 2 nitrogen and oxygen atoms in total. The zero-order chi connectivity index (χ0) is 22.5. The first-order valence-electron chi connectivity index (χ1n) is 9.15. The van der Waals surface area contributed by atoms with E-state index in [4.69, 9.17) is 0 Å². The Hall–Kier alpha value is -0.200. The van der Waals surface area contributed by atoms with Crippen LogP contribution in [0.3, 0.4) is 0 Å². The van der Waals surface area contributed by atoms with Crippen LogP contribution < -0.4 is 0 Å². The van der Waals surface area contributed by atoms with Gasteiger partial charge >= 0.3 is 0 Å². The van der Waals surface area contributed by atoms with Crippen molar-refractivity contribution in [2.45, 2.75) is 0 Å². The molecule has 4 rings (SSSR count). The molecule has 0 fully saturated rings. The summed E-state index contributed by atoms with van der Waals surface area (Å²) in [4.78, 5) is 25.8. The summed E-state index contributed by atoms with van der Waals surface area (Å²) in [5.41, 5.74) is 1.33.